The summed E-state index contributed by atoms with van der Waals surface area (Å²) < 4.78 is 5.23. The second-order valence-electron chi connectivity index (χ2n) is 1.82. The zero-order valence-corrected chi connectivity index (χ0v) is 5.16. The predicted octanol–water partition coefficient (Wildman–Crippen LogP) is 1.10. The molecule has 0 amide bonds. The van der Waals surface area contributed by atoms with Gasteiger partial charge in [0.05, 0.1) is 6.10 Å². The molecule has 0 aromatic heterocycles. The lowest BCUT2D eigenvalue weighted by Crippen LogP contribution is -2.04. The molecule has 1 aliphatic heterocycles. The molecule has 1 fully saturated rings. The maximum absolute atomic E-state index is 5.23. The van der Waals surface area contributed by atoms with Crippen LogP contribution in [0.5, 0.6) is 0 Å². The quantitative estimate of drug-likeness (QED) is 0.507. The third-order valence-corrected chi connectivity index (χ3v) is 1.63. The van der Waals surface area contributed by atoms with E-state index in [1.807, 2.05) is 0 Å². The molecule has 1 atom stereocenters. The van der Waals surface area contributed by atoms with Gasteiger partial charge in [0, 0.05) is 12.4 Å². The van der Waals surface area contributed by atoms with Crippen LogP contribution >= 0.6 is 12.6 Å². The average molecular weight is 118 g/mol. The maximum Gasteiger partial charge on any atom is 0.0663 e. The van der Waals surface area contributed by atoms with Gasteiger partial charge in [-0.25, -0.2) is 0 Å². The van der Waals surface area contributed by atoms with Crippen molar-refractivity contribution in [2.75, 3.05) is 12.4 Å². The van der Waals surface area contributed by atoms with E-state index in [4.69, 9.17) is 4.74 Å². The van der Waals surface area contributed by atoms with Gasteiger partial charge in [0.25, 0.3) is 0 Å². The molecule has 1 saturated heterocycles. The highest BCUT2D eigenvalue weighted by molar-refractivity contribution is 7.80. The Balaban J connectivity index is 2.14. The van der Waals surface area contributed by atoms with E-state index in [0.29, 0.717) is 6.10 Å². The minimum absolute atomic E-state index is 0.461. The van der Waals surface area contributed by atoms with Crippen LogP contribution in [0.15, 0.2) is 0 Å². The van der Waals surface area contributed by atoms with Crippen LogP contribution in [0.2, 0.25) is 0 Å². The van der Waals surface area contributed by atoms with Crippen LogP contribution < -0.4 is 0 Å². The summed E-state index contributed by atoms with van der Waals surface area (Å²) in [5.41, 5.74) is 0. The Morgan fingerprint density at radius 1 is 1.71 bits per heavy atom. The summed E-state index contributed by atoms with van der Waals surface area (Å²) in [5.74, 6) is 0.889. The number of hydrogen-bond acceptors (Lipinski definition) is 2. The Morgan fingerprint density at radius 2 is 2.57 bits per heavy atom. The topological polar surface area (TPSA) is 9.23 Å². The summed E-state index contributed by atoms with van der Waals surface area (Å²) in [5, 5.41) is 0. The first-order valence-electron chi connectivity index (χ1n) is 2.66. The van der Waals surface area contributed by atoms with E-state index in [1.54, 1.807) is 0 Å². The van der Waals surface area contributed by atoms with E-state index in [-0.39, 0.29) is 0 Å². The van der Waals surface area contributed by atoms with Crippen LogP contribution in [-0.4, -0.2) is 18.5 Å². The molecule has 0 aromatic rings. The van der Waals surface area contributed by atoms with Crippen molar-refractivity contribution in [3.05, 3.63) is 0 Å². The van der Waals surface area contributed by atoms with E-state index >= 15 is 0 Å². The predicted molar refractivity (Wildman–Crippen MR) is 32.8 cm³/mol. The van der Waals surface area contributed by atoms with Crippen molar-refractivity contribution >= 4 is 12.6 Å². The lowest BCUT2D eigenvalue weighted by molar-refractivity contribution is 0.129. The standard InChI is InChI=1S/C5H10OS/c7-4-5-2-1-3-6-5/h5,7H,1-4H2/t5-/m0/s1. The second-order valence-corrected chi connectivity index (χ2v) is 2.18. The Hall–Kier alpha value is 0.310. The van der Waals surface area contributed by atoms with Gasteiger partial charge in [0.15, 0.2) is 0 Å². The first kappa shape index (κ1) is 5.45. The average Bonchev–Trinajstić information content (AvgIpc) is 2.14. The third kappa shape index (κ3) is 1.35. The number of hydrogen-bond donors (Lipinski definition) is 1. The Morgan fingerprint density at radius 3 is 2.86 bits per heavy atom. The second kappa shape index (κ2) is 2.58. The molecule has 7 heavy (non-hydrogen) atoms. The van der Waals surface area contributed by atoms with Crippen molar-refractivity contribution in [1.82, 2.24) is 0 Å². The van der Waals surface area contributed by atoms with Crippen LogP contribution in [0.3, 0.4) is 0 Å². The van der Waals surface area contributed by atoms with Crippen LogP contribution in [0.1, 0.15) is 12.8 Å². The number of rotatable bonds is 1. The van der Waals surface area contributed by atoms with Gasteiger partial charge in [0.1, 0.15) is 0 Å². The van der Waals surface area contributed by atoms with Crippen molar-refractivity contribution in [1.29, 1.82) is 0 Å². The van der Waals surface area contributed by atoms with Crippen molar-refractivity contribution in [3.8, 4) is 0 Å². The highest BCUT2D eigenvalue weighted by Crippen LogP contribution is 2.11. The Bertz CT molecular complexity index is 50.0. The highest BCUT2D eigenvalue weighted by atomic mass is 32.1. The zero-order valence-electron chi connectivity index (χ0n) is 4.26. The van der Waals surface area contributed by atoms with Crippen LogP contribution in [-0.2, 0) is 4.74 Å². The molecule has 1 nitrogen and oxygen atoms in total. The summed E-state index contributed by atoms with van der Waals surface area (Å²) in [7, 11) is 0. The monoisotopic (exact) mass is 118 g/mol. The summed E-state index contributed by atoms with van der Waals surface area (Å²) in [6.07, 6.45) is 2.90. The first-order chi connectivity index (χ1) is 3.43. The minimum Gasteiger partial charge on any atom is -0.377 e. The normalized spacial score (nSPS) is 31.3. The van der Waals surface area contributed by atoms with Gasteiger partial charge >= 0.3 is 0 Å². The van der Waals surface area contributed by atoms with E-state index in [2.05, 4.69) is 12.6 Å². The van der Waals surface area contributed by atoms with E-state index < -0.39 is 0 Å². The Labute approximate surface area is 49.5 Å². The molecule has 0 bridgehead atoms. The molecule has 0 aliphatic carbocycles. The zero-order chi connectivity index (χ0) is 5.11. The minimum atomic E-state index is 0.461. The molecule has 1 aliphatic rings. The van der Waals surface area contributed by atoms with Gasteiger partial charge in [-0.05, 0) is 12.8 Å². The fourth-order valence-corrected chi connectivity index (χ4v) is 1.08. The fraction of sp³-hybridized carbons (Fsp3) is 1.00. The van der Waals surface area contributed by atoms with Crippen LogP contribution in [0.4, 0.5) is 0 Å². The van der Waals surface area contributed by atoms with Gasteiger partial charge in [-0.1, -0.05) is 0 Å². The van der Waals surface area contributed by atoms with Crippen molar-refractivity contribution in [2.24, 2.45) is 0 Å². The fourth-order valence-electron chi connectivity index (χ4n) is 0.788. The van der Waals surface area contributed by atoms with Crippen molar-refractivity contribution < 1.29 is 4.74 Å². The lowest BCUT2D eigenvalue weighted by atomic mass is 10.3. The SMILES string of the molecule is SC[C@@H]1CCCO1. The van der Waals surface area contributed by atoms with Crippen LogP contribution in [0, 0.1) is 0 Å². The van der Waals surface area contributed by atoms with Gasteiger partial charge in [0.2, 0.25) is 0 Å². The largest absolute Gasteiger partial charge is 0.377 e. The third-order valence-electron chi connectivity index (χ3n) is 1.23. The lowest BCUT2D eigenvalue weighted by Gasteiger charge is -2.00. The van der Waals surface area contributed by atoms with Gasteiger partial charge in [-0.15, -0.1) is 0 Å². The molecular weight excluding hydrogens is 108 g/mol. The molecule has 0 spiro atoms. The molecule has 0 unspecified atom stereocenters. The molecular formula is C5H10OS. The highest BCUT2D eigenvalue weighted by Gasteiger charge is 2.11. The molecule has 1 rings (SSSR count). The van der Waals surface area contributed by atoms with Gasteiger partial charge < -0.3 is 4.74 Å². The summed E-state index contributed by atoms with van der Waals surface area (Å²) in [6.45, 7) is 0.950. The number of ether oxygens (including phenoxy) is 1. The van der Waals surface area contributed by atoms with Crippen molar-refractivity contribution in [3.63, 3.8) is 0 Å². The van der Waals surface area contributed by atoms with E-state index in [9.17, 15) is 0 Å². The maximum atomic E-state index is 5.23. The molecule has 0 radical (unpaired) electrons. The molecule has 1 heterocycles. The summed E-state index contributed by atoms with van der Waals surface area (Å²) in [4.78, 5) is 0. The molecule has 0 aromatic carbocycles. The summed E-state index contributed by atoms with van der Waals surface area (Å²) >= 11 is 4.09. The number of thiol groups is 1. The molecule has 0 N–H and O–H groups in total. The summed E-state index contributed by atoms with van der Waals surface area (Å²) in [6, 6.07) is 0. The van der Waals surface area contributed by atoms with E-state index in [1.165, 1.54) is 12.8 Å². The Kier molecular flexibility index (Phi) is 2.00. The molecule has 2 heteroatoms. The van der Waals surface area contributed by atoms with Crippen molar-refractivity contribution in [2.45, 2.75) is 18.9 Å². The van der Waals surface area contributed by atoms with Gasteiger partial charge in [-0.3, -0.25) is 0 Å². The molecule has 42 valence electrons. The van der Waals surface area contributed by atoms with E-state index in [0.717, 1.165) is 12.4 Å². The van der Waals surface area contributed by atoms with Crippen LogP contribution in [0.25, 0.3) is 0 Å². The smallest absolute Gasteiger partial charge is 0.0663 e. The molecule has 0 saturated carbocycles. The first-order valence-corrected chi connectivity index (χ1v) is 3.29. The van der Waals surface area contributed by atoms with Gasteiger partial charge in [-0.2, -0.15) is 12.6 Å².